The van der Waals surface area contributed by atoms with Gasteiger partial charge in [0.05, 0.1) is 6.20 Å². The predicted molar refractivity (Wildman–Crippen MR) is 84.1 cm³/mol. The zero-order valence-electron chi connectivity index (χ0n) is 12.4. The number of thiol groups is 1. The quantitative estimate of drug-likeness (QED) is 0.569. The number of nitrogens with one attached hydrogen (secondary N) is 1. The van der Waals surface area contributed by atoms with Gasteiger partial charge in [0.15, 0.2) is 5.78 Å². The van der Waals surface area contributed by atoms with Crippen molar-refractivity contribution >= 4 is 18.4 Å². The second-order valence-corrected chi connectivity index (χ2v) is 6.04. The van der Waals surface area contributed by atoms with Crippen LogP contribution >= 0.6 is 12.6 Å². The van der Waals surface area contributed by atoms with Crippen molar-refractivity contribution in [1.82, 2.24) is 10.3 Å². The van der Waals surface area contributed by atoms with Crippen LogP contribution in [0.3, 0.4) is 0 Å². The molecule has 0 radical (unpaired) electrons. The van der Waals surface area contributed by atoms with Gasteiger partial charge in [0, 0.05) is 23.9 Å². The molecule has 1 aromatic rings. The summed E-state index contributed by atoms with van der Waals surface area (Å²) in [6.07, 6.45) is 4.21. The predicted octanol–water partition coefficient (Wildman–Crippen LogP) is 2.21. The van der Waals surface area contributed by atoms with Crippen molar-refractivity contribution in [2.24, 2.45) is 0 Å². The summed E-state index contributed by atoms with van der Waals surface area (Å²) in [5.74, 6) is 1.24. The standard InChI is InChI=1S/C15H22N2O3S/c1-3-12(18)9-19-13-4-5-15(16-8-13)20-14-6-11(7-14)17-10(2)21/h4-5,8,10-11,14,17,21H,3,6-7,9H2,1-2H3/t10?,11-,14+. The van der Waals surface area contributed by atoms with E-state index in [-0.39, 0.29) is 23.9 Å². The summed E-state index contributed by atoms with van der Waals surface area (Å²) in [6.45, 7) is 3.92. The van der Waals surface area contributed by atoms with E-state index in [1.807, 2.05) is 13.8 Å². The third-order valence-corrected chi connectivity index (χ3v) is 3.51. The highest BCUT2D eigenvalue weighted by atomic mass is 32.1. The van der Waals surface area contributed by atoms with Gasteiger partial charge in [-0.2, -0.15) is 12.6 Å². The van der Waals surface area contributed by atoms with Gasteiger partial charge in [-0.1, -0.05) is 6.92 Å². The van der Waals surface area contributed by atoms with E-state index >= 15 is 0 Å². The van der Waals surface area contributed by atoms with E-state index < -0.39 is 0 Å². The van der Waals surface area contributed by atoms with Crippen molar-refractivity contribution in [2.45, 2.75) is 50.6 Å². The van der Waals surface area contributed by atoms with E-state index in [1.54, 1.807) is 18.3 Å². The number of carbonyl (C=O) groups excluding carboxylic acids is 1. The molecule has 0 aromatic carbocycles. The van der Waals surface area contributed by atoms with E-state index in [1.165, 1.54) is 0 Å². The minimum Gasteiger partial charge on any atom is -0.484 e. The van der Waals surface area contributed by atoms with Crippen LogP contribution in [0.25, 0.3) is 0 Å². The topological polar surface area (TPSA) is 60.5 Å². The second kappa shape index (κ2) is 7.66. The summed E-state index contributed by atoms with van der Waals surface area (Å²) in [7, 11) is 0. The molecular weight excluding hydrogens is 288 g/mol. The number of aromatic nitrogens is 1. The van der Waals surface area contributed by atoms with Crippen LogP contribution in [0.5, 0.6) is 11.6 Å². The van der Waals surface area contributed by atoms with Crippen LogP contribution in [0.2, 0.25) is 0 Å². The number of carbonyl (C=O) groups is 1. The van der Waals surface area contributed by atoms with Gasteiger partial charge in [0.25, 0.3) is 0 Å². The first-order valence-electron chi connectivity index (χ1n) is 7.28. The van der Waals surface area contributed by atoms with Gasteiger partial charge in [-0.05, 0) is 25.8 Å². The van der Waals surface area contributed by atoms with Gasteiger partial charge in [-0.3, -0.25) is 4.79 Å². The molecule has 0 spiro atoms. The Morgan fingerprint density at radius 2 is 2.29 bits per heavy atom. The smallest absolute Gasteiger partial charge is 0.213 e. The minimum atomic E-state index is 0.0711. The Morgan fingerprint density at radius 1 is 1.52 bits per heavy atom. The molecule has 1 aliphatic carbocycles. The van der Waals surface area contributed by atoms with Gasteiger partial charge in [0.1, 0.15) is 18.5 Å². The normalized spacial score (nSPS) is 22.2. The average molecular weight is 310 g/mol. The highest BCUT2D eigenvalue weighted by Gasteiger charge is 2.31. The molecular formula is C15H22N2O3S. The molecule has 0 aliphatic heterocycles. The lowest BCUT2D eigenvalue weighted by atomic mass is 9.89. The summed E-state index contributed by atoms with van der Waals surface area (Å²) >= 11 is 4.30. The van der Waals surface area contributed by atoms with Crippen LogP contribution in [-0.2, 0) is 4.79 Å². The van der Waals surface area contributed by atoms with Crippen molar-refractivity contribution in [2.75, 3.05) is 6.61 Å². The lowest BCUT2D eigenvalue weighted by Crippen LogP contribution is -2.48. The van der Waals surface area contributed by atoms with Gasteiger partial charge in [0.2, 0.25) is 5.88 Å². The van der Waals surface area contributed by atoms with E-state index in [9.17, 15) is 4.79 Å². The van der Waals surface area contributed by atoms with Gasteiger partial charge >= 0.3 is 0 Å². The second-order valence-electron chi connectivity index (χ2n) is 5.26. The number of nitrogens with zero attached hydrogens (tertiary/aromatic N) is 1. The van der Waals surface area contributed by atoms with Crippen molar-refractivity contribution in [3.63, 3.8) is 0 Å². The third kappa shape index (κ3) is 5.21. The lowest BCUT2D eigenvalue weighted by Gasteiger charge is -2.36. The van der Waals surface area contributed by atoms with Gasteiger partial charge in [-0.15, -0.1) is 0 Å². The fraction of sp³-hybridized carbons (Fsp3) is 0.600. The Bertz CT molecular complexity index is 458. The van der Waals surface area contributed by atoms with E-state index in [0.717, 1.165) is 12.8 Å². The first kappa shape index (κ1) is 16.1. The van der Waals surface area contributed by atoms with Crippen LogP contribution in [-0.4, -0.2) is 34.9 Å². The Labute approximate surface area is 130 Å². The molecule has 21 heavy (non-hydrogen) atoms. The summed E-state index contributed by atoms with van der Waals surface area (Å²) in [5.41, 5.74) is 0. The molecule has 116 valence electrons. The van der Waals surface area contributed by atoms with Crippen LogP contribution in [0.1, 0.15) is 33.1 Å². The summed E-state index contributed by atoms with van der Waals surface area (Å²) in [6, 6.07) is 4.02. The SMILES string of the molecule is CCC(=O)COc1ccc(O[C@H]2C[C@@H](NC(C)S)C2)nc1. The van der Waals surface area contributed by atoms with E-state index in [2.05, 4.69) is 22.9 Å². The molecule has 0 bridgehead atoms. The van der Waals surface area contributed by atoms with Crippen molar-refractivity contribution in [3.8, 4) is 11.6 Å². The molecule has 5 nitrogen and oxygen atoms in total. The third-order valence-electron chi connectivity index (χ3n) is 3.36. The van der Waals surface area contributed by atoms with E-state index in [4.69, 9.17) is 9.47 Å². The highest BCUT2D eigenvalue weighted by Crippen LogP contribution is 2.26. The molecule has 0 saturated heterocycles. The molecule has 2 rings (SSSR count). The summed E-state index contributed by atoms with van der Waals surface area (Å²) in [5, 5.41) is 3.55. The van der Waals surface area contributed by atoms with Crippen molar-refractivity contribution in [1.29, 1.82) is 0 Å². The number of pyridine rings is 1. The lowest BCUT2D eigenvalue weighted by molar-refractivity contribution is -0.120. The Morgan fingerprint density at radius 3 is 2.86 bits per heavy atom. The van der Waals surface area contributed by atoms with Gasteiger partial charge < -0.3 is 14.8 Å². The summed E-state index contributed by atoms with van der Waals surface area (Å²) in [4.78, 5) is 15.4. The minimum absolute atomic E-state index is 0.0711. The zero-order chi connectivity index (χ0) is 15.2. The average Bonchev–Trinajstić information content (AvgIpc) is 2.43. The number of hydrogen-bond donors (Lipinski definition) is 2. The largest absolute Gasteiger partial charge is 0.484 e. The Hall–Kier alpha value is -1.27. The molecule has 1 unspecified atom stereocenters. The number of ether oxygens (including phenoxy) is 2. The number of ketones is 1. The molecule has 6 heteroatoms. The Balaban J connectivity index is 1.72. The van der Waals surface area contributed by atoms with Crippen LogP contribution in [0, 0.1) is 0 Å². The first-order chi connectivity index (χ1) is 10.1. The van der Waals surface area contributed by atoms with Crippen molar-refractivity contribution in [3.05, 3.63) is 18.3 Å². The fourth-order valence-electron chi connectivity index (χ4n) is 2.10. The maximum Gasteiger partial charge on any atom is 0.213 e. The zero-order valence-corrected chi connectivity index (χ0v) is 13.3. The van der Waals surface area contributed by atoms with Gasteiger partial charge in [-0.25, -0.2) is 4.98 Å². The molecule has 1 heterocycles. The maximum absolute atomic E-state index is 11.2. The van der Waals surface area contributed by atoms with Crippen LogP contribution < -0.4 is 14.8 Å². The van der Waals surface area contributed by atoms with E-state index in [0.29, 0.717) is 24.1 Å². The molecule has 1 saturated carbocycles. The monoisotopic (exact) mass is 310 g/mol. The van der Waals surface area contributed by atoms with Crippen LogP contribution in [0.15, 0.2) is 18.3 Å². The molecule has 1 N–H and O–H groups in total. The molecule has 0 amide bonds. The van der Waals surface area contributed by atoms with Crippen molar-refractivity contribution < 1.29 is 14.3 Å². The molecule has 1 aromatic heterocycles. The Kier molecular flexibility index (Phi) is 5.87. The molecule has 1 fully saturated rings. The first-order valence-corrected chi connectivity index (χ1v) is 7.79. The number of rotatable bonds is 8. The molecule has 1 aliphatic rings. The maximum atomic E-state index is 11.2. The summed E-state index contributed by atoms with van der Waals surface area (Å²) < 4.78 is 11.1. The molecule has 1 atom stereocenters. The van der Waals surface area contributed by atoms with Crippen LogP contribution in [0.4, 0.5) is 0 Å². The fourth-order valence-corrected chi connectivity index (χ4v) is 2.31. The number of Topliss-reactive ketones (excluding diaryl/α,β-unsaturated/α-hetero) is 1. The number of hydrogen-bond acceptors (Lipinski definition) is 6. The highest BCUT2D eigenvalue weighted by molar-refractivity contribution is 7.80.